The van der Waals surface area contributed by atoms with Crippen molar-refractivity contribution in [2.24, 2.45) is 0 Å². The summed E-state index contributed by atoms with van der Waals surface area (Å²) >= 11 is 3.42. The van der Waals surface area contributed by atoms with Crippen molar-refractivity contribution in [3.8, 4) is 11.5 Å². The molecule has 0 bridgehead atoms. The summed E-state index contributed by atoms with van der Waals surface area (Å²) in [5.74, 6) is -0.185. The van der Waals surface area contributed by atoms with Gasteiger partial charge in [-0.1, -0.05) is 12.1 Å². The summed E-state index contributed by atoms with van der Waals surface area (Å²) in [6.45, 7) is 4.74. The van der Waals surface area contributed by atoms with E-state index in [0.717, 1.165) is 10.0 Å². The molecule has 0 saturated carbocycles. The first-order valence-corrected chi connectivity index (χ1v) is 8.62. The molecule has 8 heteroatoms. The van der Waals surface area contributed by atoms with Gasteiger partial charge in [-0.25, -0.2) is 4.79 Å². The fraction of sp³-hybridized carbons (Fsp3) is 0.222. The van der Waals surface area contributed by atoms with Crippen LogP contribution in [0.4, 0.5) is 0 Å². The number of rotatable bonds is 5. The number of aryl methyl sites for hydroxylation is 1. The molecule has 0 aliphatic rings. The molecule has 0 amide bonds. The van der Waals surface area contributed by atoms with Crippen molar-refractivity contribution in [2.45, 2.75) is 27.4 Å². The number of nitrogens with zero attached hydrogens (tertiary/aromatic N) is 2. The molecule has 7 nitrogen and oxygen atoms in total. The summed E-state index contributed by atoms with van der Waals surface area (Å²) in [6, 6.07) is 7.43. The summed E-state index contributed by atoms with van der Waals surface area (Å²) < 4.78 is 11.6. The van der Waals surface area contributed by atoms with E-state index < -0.39 is 5.97 Å². The lowest BCUT2D eigenvalue weighted by Crippen LogP contribution is -2.08. The van der Waals surface area contributed by atoms with Crippen LogP contribution in [0.3, 0.4) is 0 Å². The number of carbonyl (C=O) groups excluding carboxylic acids is 2. The second kappa shape index (κ2) is 7.25. The number of esters is 1. The molecule has 134 valence electrons. The molecule has 3 rings (SSSR count). The van der Waals surface area contributed by atoms with Gasteiger partial charge in [0.05, 0.1) is 5.56 Å². The minimum absolute atomic E-state index is 0.106. The number of nitrogens with one attached hydrogen (secondary N) is 1. The number of ether oxygens (including phenoxy) is 1. The maximum atomic E-state index is 12.3. The van der Waals surface area contributed by atoms with Crippen LogP contribution in [0.1, 0.15) is 44.9 Å². The van der Waals surface area contributed by atoms with E-state index in [1.165, 1.54) is 6.92 Å². The van der Waals surface area contributed by atoms with Gasteiger partial charge >= 0.3 is 5.97 Å². The number of H-pyrrole nitrogens is 1. The fourth-order valence-electron chi connectivity index (χ4n) is 2.74. The summed E-state index contributed by atoms with van der Waals surface area (Å²) in [6.07, 6.45) is 0. The Labute approximate surface area is 157 Å². The van der Waals surface area contributed by atoms with Crippen LogP contribution < -0.4 is 0 Å². The third-order valence-electron chi connectivity index (χ3n) is 3.89. The first kappa shape index (κ1) is 18.1. The van der Waals surface area contributed by atoms with Crippen molar-refractivity contribution >= 4 is 27.7 Å². The van der Waals surface area contributed by atoms with Gasteiger partial charge in [0.15, 0.2) is 12.4 Å². The van der Waals surface area contributed by atoms with E-state index in [1.54, 1.807) is 13.8 Å². The molecular weight excluding hydrogens is 402 g/mol. The summed E-state index contributed by atoms with van der Waals surface area (Å²) in [7, 11) is 0. The normalized spacial score (nSPS) is 10.8. The van der Waals surface area contributed by atoms with Crippen LogP contribution in [-0.2, 0) is 11.3 Å². The van der Waals surface area contributed by atoms with Crippen molar-refractivity contribution in [3.63, 3.8) is 0 Å². The lowest BCUT2D eigenvalue weighted by Gasteiger charge is -2.02. The first-order chi connectivity index (χ1) is 12.4. The highest BCUT2D eigenvalue weighted by molar-refractivity contribution is 9.10. The molecule has 1 N–H and O–H groups in total. The zero-order chi connectivity index (χ0) is 18.8. The molecule has 0 aliphatic carbocycles. The highest BCUT2D eigenvalue weighted by atomic mass is 79.9. The van der Waals surface area contributed by atoms with E-state index in [-0.39, 0.29) is 24.0 Å². The Hall–Kier alpha value is -2.74. The molecule has 0 radical (unpaired) electrons. The molecule has 3 aromatic rings. The van der Waals surface area contributed by atoms with Gasteiger partial charge in [-0.2, -0.15) is 0 Å². The monoisotopic (exact) mass is 417 g/mol. The minimum atomic E-state index is -0.584. The van der Waals surface area contributed by atoms with Gasteiger partial charge in [-0.15, -0.1) is 10.2 Å². The van der Waals surface area contributed by atoms with Crippen LogP contribution >= 0.6 is 15.9 Å². The number of benzene rings is 1. The topological polar surface area (TPSA) is 98.1 Å². The van der Waals surface area contributed by atoms with Gasteiger partial charge in [0.2, 0.25) is 5.89 Å². The Morgan fingerprint density at radius 3 is 2.62 bits per heavy atom. The Kier molecular flexibility index (Phi) is 5.03. The van der Waals surface area contributed by atoms with Gasteiger partial charge < -0.3 is 14.1 Å². The summed E-state index contributed by atoms with van der Waals surface area (Å²) in [5, 5.41) is 7.86. The molecule has 26 heavy (non-hydrogen) atoms. The third-order valence-corrected chi connectivity index (χ3v) is 4.58. The smallest absolute Gasteiger partial charge is 0.355 e. The lowest BCUT2D eigenvalue weighted by atomic mass is 10.1. The van der Waals surface area contributed by atoms with E-state index in [9.17, 15) is 9.59 Å². The van der Waals surface area contributed by atoms with E-state index in [0.29, 0.717) is 22.7 Å². The Morgan fingerprint density at radius 1 is 1.23 bits per heavy atom. The average Bonchev–Trinajstić information content (AvgIpc) is 3.17. The van der Waals surface area contributed by atoms with Gasteiger partial charge in [0.1, 0.15) is 5.69 Å². The van der Waals surface area contributed by atoms with Crippen molar-refractivity contribution in [1.82, 2.24) is 15.2 Å². The number of aromatic amines is 1. The molecule has 0 spiro atoms. The van der Waals surface area contributed by atoms with Crippen LogP contribution in [0.5, 0.6) is 0 Å². The van der Waals surface area contributed by atoms with Crippen molar-refractivity contribution in [1.29, 1.82) is 0 Å². The van der Waals surface area contributed by atoms with Gasteiger partial charge in [0, 0.05) is 15.7 Å². The fourth-order valence-corrected chi connectivity index (χ4v) is 3.19. The van der Waals surface area contributed by atoms with Crippen molar-refractivity contribution < 1.29 is 18.7 Å². The second-order valence-electron chi connectivity index (χ2n) is 5.74. The number of halogens is 1. The van der Waals surface area contributed by atoms with Crippen LogP contribution in [0.15, 0.2) is 33.2 Å². The quantitative estimate of drug-likeness (QED) is 0.497. The molecule has 2 aromatic heterocycles. The van der Waals surface area contributed by atoms with E-state index >= 15 is 0 Å². The number of carbonyl (C=O) groups is 2. The lowest BCUT2D eigenvalue weighted by molar-refractivity contribution is 0.0431. The third kappa shape index (κ3) is 3.45. The molecule has 2 heterocycles. The predicted molar refractivity (Wildman–Crippen MR) is 96.8 cm³/mol. The number of hydrogen-bond acceptors (Lipinski definition) is 6. The Bertz CT molecular complexity index is 990. The van der Waals surface area contributed by atoms with Crippen LogP contribution in [0.2, 0.25) is 0 Å². The number of Topliss-reactive ketones (excluding diaryl/α,β-unsaturated/α-hetero) is 1. The average molecular weight is 418 g/mol. The van der Waals surface area contributed by atoms with E-state index in [1.807, 2.05) is 24.3 Å². The van der Waals surface area contributed by atoms with Gasteiger partial charge in [-0.3, -0.25) is 4.79 Å². The standard InChI is InChI=1S/C18H16BrN3O4/c1-9-15(11(3)23)10(2)20-16(9)18(24)25-8-14-21-22-17(26-14)12-6-4-5-7-13(12)19/h4-7,20H,8H2,1-3H3. The number of hydrogen-bond donors (Lipinski definition) is 1. The van der Waals surface area contributed by atoms with Crippen molar-refractivity contribution in [2.75, 3.05) is 0 Å². The van der Waals surface area contributed by atoms with Crippen LogP contribution in [-0.4, -0.2) is 26.9 Å². The molecule has 1 aromatic carbocycles. The maximum Gasteiger partial charge on any atom is 0.355 e. The largest absolute Gasteiger partial charge is 0.451 e. The van der Waals surface area contributed by atoms with Crippen LogP contribution in [0, 0.1) is 13.8 Å². The number of ketones is 1. The Balaban J connectivity index is 1.72. The zero-order valence-electron chi connectivity index (χ0n) is 14.4. The van der Waals surface area contributed by atoms with E-state index in [2.05, 4.69) is 31.1 Å². The Morgan fingerprint density at radius 2 is 1.96 bits per heavy atom. The second-order valence-corrected chi connectivity index (χ2v) is 6.59. The van der Waals surface area contributed by atoms with E-state index in [4.69, 9.17) is 9.15 Å². The highest BCUT2D eigenvalue weighted by Crippen LogP contribution is 2.27. The van der Waals surface area contributed by atoms with Crippen LogP contribution in [0.25, 0.3) is 11.5 Å². The highest BCUT2D eigenvalue weighted by Gasteiger charge is 2.21. The van der Waals surface area contributed by atoms with Crippen molar-refractivity contribution in [3.05, 3.63) is 57.1 Å². The molecule has 0 aliphatic heterocycles. The first-order valence-electron chi connectivity index (χ1n) is 7.83. The zero-order valence-corrected chi connectivity index (χ0v) is 16.0. The molecule has 0 fully saturated rings. The molecular formula is C18H16BrN3O4. The molecule has 0 atom stereocenters. The molecule has 0 saturated heterocycles. The van der Waals surface area contributed by atoms with Gasteiger partial charge in [-0.05, 0) is 54.4 Å². The van der Waals surface area contributed by atoms with Gasteiger partial charge in [0.25, 0.3) is 5.89 Å². The maximum absolute atomic E-state index is 12.3. The number of aromatic nitrogens is 3. The summed E-state index contributed by atoms with van der Waals surface area (Å²) in [5.41, 5.74) is 2.71. The molecule has 0 unspecified atom stereocenters. The minimum Gasteiger partial charge on any atom is -0.451 e. The summed E-state index contributed by atoms with van der Waals surface area (Å²) in [4.78, 5) is 26.9. The SMILES string of the molecule is CC(=O)c1c(C)[nH]c(C(=O)OCc2nnc(-c3ccccc3Br)o2)c1C. The predicted octanol–water partition coefficient (Wildman–Crippen LogP) is 4.00.